The van der Waals surface area contributed by atoms with Crippen molar-refractivity contribution >= 4 is 0 Å². The molecule has 1 rings (SSSR count). The number of alkyl halides is 3. The molecular formula is C11H21F3N2O. The molecule has 0 aliphatic heterocycles. The fraction of sp³-hybridized carbons (Fsp3) is 1.00. The number of methoxy groups -OCH3 is 1. The van der Waals surface area contributed by atoms with Crippen LogP contribution in [0, 0.1) is 5.92 Å². The predicted octanol–water partition coefficient (Wildman–Crippen LogP) is 1.67. The van der Waals surface area contributed by atoms with Gasteiger partial charge in [0.15, 0.2) is 0 Å². The van der Waals surface area contributed by atoms with Crippen LogP contribution >= 0.6 is 0 Å². The first-order chi connectivity index (χ1) is 7.93. The molecule has 0 bridgehead atoms. The molecule has 3 N–H and O–H groups in total. The van der Waals surface area contributed by atoms with E-state index in [9.17, 15) is 13.2 Å². The summed E-state index contributed by atoms with van der Waals surface area (Å²) in [7, 11) is 1.59. The Balaban J connectivity index is 2.45. The number of hydrogen-bond donors (Lipinski definition) is 2. The van der Waals surface area contributed by atoms with Gasteiger partial charge in [0.25, 0.3) is 0 Å². The zero-order valence-corrected chi connectivity index (χ0v) is 10.1. The summed E-state index contributed by atoms with van der Waals surface area (Å²) in [4.78, 5) is 0. The minimum Gasteiger partial charge on any atom is -0.383 e. The second-order valence-electron chi connectivity index (χ2n) is 4.72. The molecule has 1 aliphatic rings. The summed E-state index contributed by atoms with van der Waals surface area (Å²) < 4.78 is 42.5. The Morgan fingerprint density at radius 3 is 2.35 bits per heavy atom. The highest BCUT2D eigenvalue weighted by Gasteiger charge is 2.45. The first-order valence-corrected chi connectivity index (χ1v) is 5.94. The van der Waals surface area contributed by atoms with Gasteiger partial charge < -0.3 is 15.8 Å². The fourth-order valence-corrected chi connectivity index (χ4v) is 2.37. The average molecular weight is 254 g/mol. The molecule has 102 valence electrons. The molecule has 0 aromatic carbocycles. The average Bonchev–Trinajstić information content (AvgIpc) is 2.29. The lowest BCUT2D eigenvalue weighted by atomic mass is 9.76. The molecule has 0 saturated heterocycles. The Morgan fingerprint density at radius 1 is 1.35 bits per heavy atom. The van der Waals surface area contributed by atoms with Crippen LogP contribution in [0.2, 0.25) is 0 Å². The summed E-state index contributed by atoms with van der Waals surface area (Å²) in [5.41, 5.74) is 5.36. The highest BCUT2D eigenvalue weighted by atomic mass is 19.4. The van der Waals surface area contributed by atoms with Crippen molar-refractivity contribution < 1.29 is 17.9 Å². The molecule has 17 heavy (non-hydrogen) atoms. The minimum absolute atomic E-state index is 0.167. The third kappa shape index (κ3) is 4.12. The lowest BCUT2D eigenvalue weighted by molar-refractivity contribution is -0.185. The smallest absolute Gasteiger partial charge is 0.383 e. The molecule has 0 amide bonds. The second kappa shape index (κ2) is 6.02. The van der Waals surface area contributed by atoms with E-state index in [1.165, 1.54) is 0 Å². The van der Waals surface area contributed by atoms with E-state index in [2.05, 4.69) is 5.32 Å². The maximum Gasteiger partial charge on any atom is 0.391 e. The number of ether oxygens (including phenoxy) is 1. The Kier molecular flexibility index (Phi) is 5.22. The number of halogens is 3. The first-order valence-electron chi connectivity index (χ1n) is 5.94. The van der Waals surface area contributed by atoms with Crippen LogP contribution in [-0.4, -0.2) is 38.5 Å². The van der Waals surface area contributed by atoms with Crippen molar-refractivity contribution in [2.45, 2.75) is 37.4 Å². The molecular weight excluding hydrogens is 233 g/mol. The van der Waals surface area contributed by atoms with E-state index in [1.54, 1.807) is 7.11 Å². The van der Waals surface area contributed by atoms with Crippen molar-refractivity contribution in [2.24, 2.45) is 11.7 Å². The van der Waals surface area contributed by atoms with Crippen LogP contribution in [0.1, 0.15) is 25.7 Å². The normalized spacial score (nSPS) is 30.5. The molecule has 1 fully saturated rings. The molecule has 0 aromatic rings. The highest BCUT2D eigenvalue weighted by Crippen LogP contribution is 2.40. The second-order valence-corrected chi connectivity index (χ2v) is 4.72. The Bertz CT molecular complexity index is 225. The van der Waals surface area contributed by atoms with Gasteiger partial charge in [0.1, 0.15) is 0 Å². The van der Waals surface area contributed by atoms with Gasteiger partial charge >= 0.3 is 6.18 Å². The van der Waals surface area contributed by atoms with E-state index < -0.39 is 12.1 Å². The van der Waals surface area contributed by atoms with Gasteiger partial charge in [-0.3, -0.25) is 0 Å². The molecule has 1 saturated carbocycles. The van der Waals surface area contributed by atoms with Crippen molar-refractivity contribution in [3.63, 3.8) is 0 Å². The number of rotatable bonds is 5. The zero-order valence-electron chi connectivity index (χ0n) is 10.1. The van der Waals surface area contributed by atoms with E-state index in [0.29, 0.717) is 32.5 Å². The van der Waals surface area contributed by atoms with Crippen molar-refractivity contribution in [3.8, 4) is 0 Å². The summed E-state index contributed by atoms with van der Waals surface area (Å²) in [5.74, 6) is -1.16. The quantitative estimate of drug-likeness (QED) is 0.734. The third-order valence-electron chi connectivity index (χ3n) is 3.60. The largest absolute Gasteiger partial charge is 0.391 e. The van der Waals surface area contributed by atoms with Gasteiger partial charge in [-0.1, -0.05) is 0 Å². The monoisotopic (exact) mass is 254 g/mol. The summed E-state index contributed by atoms with van der Waals surface area (Å²) in [5, 5.41) is 3.24. The molecule has 0 unspecified atom stereocenters. The van der Waals surface area contributed by atoms with E-state index in [-0.39, 0.29) is 18.4 Å². The summed E-state index contributed by atoms with van der Waals surface area (Å²) >= 11 is 0. The standard InChI is InChI=1S/C11H21F3N2O/c1-17-7-6-16-10(8-15)4-2-9(3-5-10)11(12,13)14/h9,16H,2-8,15H2,1H3. The molecule has 1 aliphatic carbocycles. The van der Waals surface area contributed by atoms with Crippen LogP contribution in [0.5, 0.6) is 0 Å². The first kappa shape index (κ1) is 14.7. The number of nitrogens with one attached hydrogen (secondary N) is 1. The van der Waals surface area contributed by atoms with E-state index in [0.717, 1.165) is 0 Å². The van der Waals surface area contributed by atoms with Gasteiger partial charge in [0, 0.05) is 25.7 Å². The van der Waals surface area contributed by atoms with Gasteiger partial charge in [-0.2, -0.15) is 13.2 Å². The molecule has 6 heteroatoms. The maximum atomic E-state index is 12.5. The van der Waals surface area contributed by atoms with Crippen LogP contribution in [0.3, 0.4) is 0 Å². The molecule has 0 radical (unpaired) electrons. The van der Waals surface area contributed by atoms with Crippen LogP contribution in [-0.2, 0) is 4.74 Å². The van der Waals surface area contributed by atoms with Crippen LogP contribution in [0.4, 0.5) is 13.2 Å². The van der Waals surface area contributed by atoms with E-state index in [1.807, 2.05) is 0 Å². The van der Waals surface area contributed by atoms with Crippen LogP contribution in [0.25, 0.3) is 0 Å². The van der Waals surface area contributed by atoms with E-state index in [4.69, 9.17) is 10.5 Å². The third-order valence-corrected chi connectivity index (χ3v) is 3.60. The van der Waals surface area contributed by atoms with Gasteiger partial charge in [0.2, 0.25) is 0 Å². The van der Waals surface area contributed by atoms with Crippen LogP contribution in [0.15, 0.2) is 0 Å². The SMILES string of the molecule is COCCNC1(CN)CCC(C(F)(F)F)CC1. The Morgan fingerprint density at radius 2 is 1.94 bits per heavy atom. The molecule has 3 nitrogen and oxygen atoms in total. The predicted molar refractivity (Wildman–Crippen MR) is 59.7 cm³/mol. The van der Waals surface area contributed by atoms with Crippen LogP contribution < -0.4 is 11.1 Å². The highest BCUT2D eigenvalue weighted by molar-refractivity contribution is 4.95. The number of hydrogen-bond acceptors (Lipinski definition) is 3. The van der Waals surface area contributed by atoms with E-state index >= 15 is 0 Å². The Hall–Kier alpha value is -0.330. The summed E-state index contributed by atoms with van der Waals surface area (Å²) in [6.45, 7) is 1.55. The Labute approximate surface area is 99.9 Å². The van der Waals surface area contributed by atoms with Crippen molar-refractivity contribution in [1.29, 1.82) is 0 Å². The molecule has 0 spiro atoms. The lowest BCUT2D eigenvalue weighted by Gasteiger charge is -2.40. The van der Waals surface area contributed by atoms with Gasteiger partial charge in [-0.15, -0.1) is 0 Å². The zero-order chi connectivity index (χ0) is 12.9. The number of nitrogens with two attached hydrogens (primary N) is 1. The molecule has 0 atom stereocenters. The van der Waals surface area contributed by atoms with Crippen molar-refractivity contribution in [1.82, 2.24) is 5.32 Å². The van der Waals surface area contributed by atoms with Gasteiger partial charge in [0.05, 0.1) is 12.5 Å². The summed E-state index contributed by atoms with van der Waals surface area (Å²) in [6, 6.07) is 0. The molecule has 0 heterocycles. The summed E-state index contributed by atoms with van der Waals surface area (Å²) in [6.07, 6.45) is -2.76. The molecule has 0 aromatic heterocycles. The van der Waals surface area contributed by atoms with Crippen molar-refractivity contribution in [3.05, 3.63) is 0 Å². The van der Waals surface area contributed by atoms with Gasteiger partial charge in [-0.25, -0.2) is 0 Å². The topological polar surface area (TPSA) is 47.3 Å². The minimum atomic E-state index is -4.06. The fourth-order valence-electron chi connectivity index (χ4n) is 2.37. The maximum absolute atomic E-state index is 12.5. The van der Waals surface area contributed by atoms with Crippen molar-refractivity contribution in [2.75, 3.05) is 26.8 Å². The lowest BCUT2D eigenvalue weighted by Crippen LogP contribution is -2.55. The van der Waals surface area contributed by atoms with Gasteiger partial charge in [-0.05, 0) is 25.7 Å².